The van der Waals surface area contributed by atoms with Crippen molar-refractivity contribution in [1.82, 2.24) is 4.90 Å². The first-order chi connectivity index (χ1) is 8.19. The summed E-state index contributed by atoms with van der Waals surface area (Å²) in [6.07, 6.45) is 0. The van der Waals surface area contributed by atoms with Gasteiger partial charge in [-0.25, -0.2) is 0 Å². The van der Waals surface area contributed by atoms with Crippen molar-refractivity contribution in [3.05, 3.63) is 33.8 Å². The van der Waals surface area contributed by atoms with Crippen LogP contribution < -0.4 is 0 Å². The largest absolute Gasteiger partial charge is 0.389 e. The number of halogens is 2. The van der Waals surface area contributed by atoms with E-state index < -0.39 is 5.60 Å². The number of Topliss-reactive ketones (excluding diaryl/α,β-unsaturated/α-hetero) is 1. The molecule has 0 bridgehead atoms. The topological polar surface area (TPSA) is 40.5 Å². The molecule has 0 amide bonds. The van der Waals surface area contributed by atoms with Gasteiger partial charge in [-0.15, -0.1) is 0 Å². The van der Waals surface area contributed by atoms with Crippen molar-refractivity contribution < 1.29 is 9.90 Å². The molecule has 1 aromatic rings. The van der Waals surface area contributed by atoms with Crippen LogP contribution >= 0.6 is 23.2 Å². The van der Waals surface area contributed by atoms with Gasteiger partial charge in [0.1, 0.15) is 0 Å². The second kappa shape index (κ2) is 6.02. The quantitative estimate of drug-likeness (QED) is 0.848. The summed E-state index contributed by atoms with van der Waals surface area (Å²) in [7, 11) is 1.78. The zero-order chi connectivity index (χ0) is 13.9. The summed E-state index contributed by atoms with van der Waals surface area (Å²) >= 11 is 11.7. The predicted octanol–water partition coefficient (Wildman–Crippen LogP) is 2.88. The molecule has 1 N–H and O–H groups in total. The Labute approximate surface area is 117 Å². The van der Waals surface area contributed by atoms with E-state index >= 15 is 0 Å². The van der Waals surface area contributed by atoms with Crippen molar-refractivity contribution in [3.8, 4) is 0 Å². The van der Waals surface area contributed by atoms with Gasteiger partial charge in [0.2, 0.25) is 0 Å². The Balaban J connectivity index is 2.71. The summed E-state index contributed by atoms with van der Waals surface area (Å²) in [6, 6.07) is 4.80. The third kappa shape index (κ3) is 4.94. The van der Waals surface area contributed by atoms with Gasteiger partial charge in [0, 0.05) is 17.1 Å². The first kappa shape index (κ1) is 15.4. The molecule has 0 heterocycles. The van der Waals surface area contributed by atoms with E-state index in [1.54, 1.807) is 44.0 Å². The Morgan fingerprint density at radius 1 is 1.39 bits per heavy atom. The summed E-state index contributed by atoms with van der Waals surface area (Å²) in [5, 5.41) is 10.5. The highest BCUT2D eigenvalue weighted by molar-refractivity contribution is 6.36. The van der Waals surface area contributed by atoms with E-state index in [9.17, 15) is 9.90 Å². The van der Waals surface area contributed by atoms with Gasteiger partial charge in [-0.1, -0.05) is 23.2 Å². The maximum absolute atomic E-state index is 12.0. The van der Waals surface area contributed by atoms with Crippen LogP contribution in [0, 0.1) is 0 Å². The smallest absolute Gasteiger partial charge is 0.178 e. The van der Waals surface area contributed by atoms with Crippen molar-refractivity contribution in [1.29, 1.82) is 0 Å². The number of rotatable bonds is 5. The molecule has 0 unspecified atom stereocenters. The molecule has 100 valence electrons. The van der Waals surface area contributed by atoms with E-state index in [0.717, 1.165) is 0 Å². The highest BCUT2D eigenvalue weighted by atomic mass is 35.5. The number of benzene rings is 1. The minimum absolute atomic E-state index is 0.0941. The summed E-state index contributed by atoms with van der Waals surface area (Å²) in [5.41, 5.74) is -0.387. The molecule has 18 heavy (non-hydrogen) atoms. The van der Waals surface area contributed by atoms with Crippen molar-refractivity contribution >= 4 is 29.0 Å². The molecular weight excluding hydrogens is 273 g/mol. The maximum Gasteiger partial charge on any atom is 0.178 e. The minimum Gasteiger partial charge on any atom is -0.389 e. The van der Waals surface area contributed by atoms with Crippen LogP contribution in [0.4, 0.5) is 0 Å². The average molecular weight is 290 g/mol. The number of nitrogens with zero attached hydrogens (tertiary/aromatic N) is 1. The molecular formula is C13H17Cl2NO2. The van der Waals surface area contributed by atoms with Gasteiger partial charge in [0.05, 0.1) is 17.2 Å². The van der Waals surface area contributed by atoms with Crippen LogP contribution in [-0.4, -0.2) is 41.5 Å². The summed E-state index contributed by atoms with van der Waals surface area (Å²) in [4.78, 5) is 13.8. The lowest BCUT2D eigenvalue weighted by molar-refractivity contribution is 0.0439. The molecule has 3 nitrogen and oxygen atoms in total. The molecule has 0 aromatic heterocycles. The van der Waals surface area contributed by atoms with Gasteiger partial charge in [-0.05, 0) is 39.1 Å². The fraction of sp³-hybridized carbons (Fsp3) is 0.462. The van der Waals surface area contributed by atoms with Crippen molar-refractivity contribution in [2.75, 3.05) is 20.1 Å². The van der Waals surface area contributed by atoms with Crippen molar-refractivity contribution in [3.63, 3.8) is 0 Å². The fourth-order valence-corrected chi connectivity index (χ4v) is 2.28. The highest BCUT2D eigenvalue weighted by Gasteiger charge is 2.19. The Morgan fingerprint density at radius 3 is 2.50 bits per heavy atom. The van der Waals surface area contributed by atoms with Crippen LogP contribution in [0.25, 0.3) is 0 Å². The zero-order valence-electron chi connectivity index (χ0n) is 10.7. The number of carbonyl (C=O) groups is 1. The lowest BCUT2D eigenvalue weighted by Crippen LogP contribution is -2.38. The lowest BCUT2D eigenvalue weighted by atomic mass is 10.1. The zero-order valence-corrected chi connectivity index (χ0v) is 12.2. The Kier molecular flexibility index (Phi) is 5.17. The van der Waals surface area contributed by atoms with Gasteiger partial charge in [-0.3, -0.25) is 9.69 Å². The molecule has 0 radical (unpaired) electrons. The SMILES string of the molecule is CN(CC(=O)c1ccc(Cl)cc1Cl)CC(C)(C)O. The third-order valence-electron chi connectivity index (χ3n) is 2.30. The molecule has 0 aliphatic heterocycles. The van der Waals surface area contributed by atoms with Crippen molar-refractivity contribution in [2.24, 2.45) is 0 Å². The number of hydrogen-bond acceptors (Lipinski definition) is 3. The Hall–Kier alpha value is -0.610. The monoisotopic (exact) mass is 289 g/mol. The van der Waals surface area contributed by atoms with E-state index in [0.29, 0.717) is 22.2 Å². The molecule has 5 heteroatoms. The molecule has 1 aromatic carbocycles. The molecule has 0 aliphatic rings. The van der Waals surface area contributed by atoms with Gasteiger partial charge in [0.15, 0.2) is 5.78 Å². The summed E-state index contributed by atoms with van der Waals surface area (Å²) in [5.74, 6) is -0.0941. The Morgan fingerprint density at radius 2 is 2.00 bits per heavy atom. The number of carbonyl (C=O) groups excluding carboxylic acids is 1. The lowest BCUT2D eigenvalue weighted by Gasteiger charge is -2.24. The second-order valence-electron chi connectivity index (χ2n) is 5.03. The molecule has 0 atom stereocenters. The van der Waals surface area contributed by atoms with Gasteiger partial charge in [0.25, 0.3) is 0 Å². The van der Waals surface area contributed by atoms with Crippen molar-refractivity contribution in [2.45, 2.75) is 19.4 Å². The Bertz CT molecular complexity index is 441. The van der Waals surface area contributed by atoms with Crippen LogP contribution in [-0.2, 0) is 0 Å². The van der Waals surface area contributed by atoms with Crippen LogP contribution in [0.15, 0.2) is 18.2 Å². The van der Waals surface area contributed by atoms with E-state index in [4.69, 9.17) is 23.2 Å². The van der Waals surface area contributed by atoms with Gasteiger partial charge in [-0.2, -0.15) is 0 Å². The third-order valence-corrected chi connectivity index (χ3v) is 2.85. The van der Waals surface area contributed by atoms with E-state index in [1.807, 2.05) is 0 Å². The van der Waals surface area contributed by atoms with Crippen LogP contribution in [0.5, 0.6) is 0 Å². The summed E-state index contributed by atoms with van der Waals surface area (Å²) in [6.45, 7) is 4.00. The molecule has 0 fully saturated rings. The normalized spacial score (nSPS) is 11.9. The van der Waals surface area contributed by atoms with E-state index in [-0.39, 0.29) is 12.3 Å². The standard InChI is InChI=1S/C13H17Cl2NO2/c1-13(2,18)8-16(3)7-12(17)10-5-4-9(14)6-11(10)15/h4-6,18H,7-8H2,1-3H3. The predicted molar refractivity (Wildman–Crippen MR) is 74.6 cm³/mol. The fourth-order valence-electron chi connectivity index (χ4n) is 1.76. The maximum atomic E-state index is 12.0. The molecule has 0 saturated carbocycles. The molecule has 0 saturated heterocycles. The van der Waals surface area contributed by atoms with Gasteiger partial charge < -0.3 is 5.11 Å². The first-order valence-corrected chi connectivity index (χ1v) is 6.34. The molecule has 1 rings (SSSR count). The van der Waals surface area contributed by atoms with E-state index in [2.05, 4.69) is 0 Å². The first-order valence-electron chi connectivity index (χ1n) is 5.58. The van der Waals surface area contributed by atoms with Crippen LogP contribution in [0.1, 0.15) is 24.2 Å². The number of hydrogen-bond donors (Lipinski definition) is 1. The van der Waals surface area contributed by atoms with Crippen LogP contribution in [0.3, 0.4) is 0 Å². The number of ketones is 1. The molecule has 0 aliphatic carbocycles. The number of aliphatic hydroxyl groups is 1. The van der Waals surface area contributed by atoms with E-state index in [1.165, 1.54) is 0 Å². The number of likely N-dealkylation sites (N-methyl/N-ethyl adjacent to an activating group) is 1. The summed E-state index contributed by atoms with van der Waals surface area (Å²) < 4.78 is 0. The average Bonchev–Trinajstić information content (AvgIpc) is 2.13. The minimum atomic E-state index is -0.835. The van der Waals surface area contributed by atoms with Crippen LogP contribution in [0.2, 0.25) is 10.0 Å². The molecule has 0 spiro atoms. The highest BCUT2D eigenvalue weighted by Crippen LogP contribution is 2.21. The van der Waals surface area contributed by atoms with Gasteiger partial charge >= 0.3 is 0 Å². The second-order valence-corrected chi connectivity index (χ2v) is 5.88.